The molecule has 0 bridgehead atoms. The first-order valence-corrected chi connectivity index (χ1v) is 8.01. The summed E-state index contributed by atoms with van der Waals surface area (Å²) in [5.74, 6) is -2.47. The zero-order valence-corrected chi connectivity index (χ0v) is 13.3. The van der Waals surface area contributed by atoms with E-state index in [1.54, 1.807) is 0 Å². The molecule has 0 radical (unpaired) electrons. The molecule has 2 amide bonds. The van der Waals surface area contributed by atoms with Crippen LogP contribution in [0.3, 0.4) is 0 Å². The van der Waals surface area contributed by atoms with Gasteiger partial charge in [-0.15, -0.1) is 0 Å². The van der Waals surface area contributed by atoms with Gasteiger partial charge in [0.1, 0.15) is 5.82 Å². The molecule has 6 nitrogen and oxygen atoms in total. The molecule has 1 aromatic rings. The maximum Gasteiger partial charge on any atom is 0.306 e. The van der Waals surface area contributed by atoms with Gasteiger partial charge in [-0.2, -0.15) is 0 Å². The second-order valence-electron chi connectivity index (χ2n) is 5.96. The van der Waals surface area contributed by atoms with Crippen LogP contribution >= 0.6 is 0 Å². The van der Waals surface area contributed by atoms with E-state index in [2.05, 4.69) is 10.6 Å². The number of benzene rings is 1. The number of amides is 2. The molecule has 24 heavy (non-hydrogen) atoms. The minimum atomic E-state index is -0.842. The van der Waals surface area contributed by atoms with Crippen molar-refractivity contribution in [2.75, 3.05) is 13.1 Å². The van der Waals surface area contributed by atoms with Crippen molar-refractivity contribution in [3.63, 3.8) is 0 Å². The third-order valence-corrected chi connectivity index (χ3v) is 4.18. The minimum Gasteiger partial charge on any atom is -0.481 e. The number of aliphatic carboxylic acids is 1. The predicted octanol–water partition coefficient (Wildman–Crippen LogP) is 1.56. The molecule has 1 aromatic carbocycles. The van der Waals surface area contributed by atoms with Gasteiger partial charge in [0.05, 0.1) is 5.92 Å². The average Bonchev–Trinajstić information content (AvgIpc) is 3.04. The number of hydrogen-bond donors (Lipinski definition) is 3. The van der Waals surface area contributed by atoms with Crippen LogP contribution in [0.1, 0.15) is 36.0 Å². The van der Waals surface area contributed by atoms with Crippen LogP contribution in [0.15, 0.2) is 24.3 Å². The third kappa shape index (κ3) is 5.04. The molecular weight excluding hydrogens is 315 g/mol. The fraction of sp³-hybridized carbons (Fsp3) is 0.471. The Morgan fingerprint density at radius 2 is 1.83 bits per heavy atom. The van der Waals surface area contributed by atoms with Crippen molar-refractivity contribution >= 4 is 17.8 Å². The number of carbonyl (C=O) groups is 3. The lowest BCUT2D eigenvalue weighted by Gasteiger charge is -2.11. The van der Waals surface area contributed by atoms with E-state index in [4.69, 9.17) is 5.11 Å². The van der Waals surface area contributed by atoms with Gasteiger partial charge in [0.2, 0.25) is 5.91 Å². The molecule has 2 rings (SSSR count). The highest BCUT2D eigenvalue weighted by Gasteiger charge is 2.33. The standard InChI is InChI=1S/C17H21FN2O4/c18-14-4-1-3-11(10-14)15(21)19-7-2-8-20-16(22)12-5-6-13(9-12)17(23)24/h1,3-4,10,12-13H,2,5-9H2,(H,19,21)(H,20,22)(H,23,24)/t12-,13+/m0/s1. The van der Waals surface area contributed by atoms with E-state index >= 15 is 0 Å². The average molecular weight is 336 g/mol. The largest absolute Gasteiger partial charge is 0.481 e. The highest BCUT2D eigenvalue weighted by Crippen LogP contribution is 2.30. The van der Waals surface area contributed by atoms with Crippen molar-refractivity contribution in [1.29, 1.82) is 0 Å². The molecule has 130 valence electrons. The normalized spacial score (nSPS) is 19.7. The molecule has 1 aliphatic rings. The van der Waals surface area contributed by atoms with E-state index in [0.717, 1.165) is 6.07 Å². The van der Waals surface area contributed by atoms with E-state index in [1.165, 1.54) is 18.2 Å². The quantitative estimate of drug-likeness (QED) is 0.659. The topological polar surface area (TPSA) is 95.5 Å². The van der Waals surface area contributed by atoms with Crippen LogP contribution in [0, 0.1) is 17.7 Å². The van der Waals surface area contributed by atoms with Crippen LogP contribution in [0.25, 0.3) is 0 Å². The van der Waals surface area contributed by atoms with Crippen LogP contribution in [0.2, 0.25) is 0 Å². The smallest absolute Gasteiger partial charge is 0.306 e. The van der Waals surface area contributed by atoms with Crippen molar-refractivity contribution < 1.29 is 23.9 Å². The molecule has 0 heterocycles. The van der Waals surface area contributed by atoms with Crippen molar-refractivity contribution in [3.8, 4) is 0 Å². The lowest BCUT2D eigenvalue weighted by atomic mass is 10.0. The molecule has 0 aromatic heterocycles. The van der Waals surface area contributed by atoms with Crippen LogP contribution in [-0.4, -0.2) is 36.0 Å². The summed E-state index contributed by atoms with van der Waals surface area (Å²) >= 11 is 0. The number of rotatable bonds is 7. The molecule has 7 heteroatoms. The molecule has 0 aliphatic heterocycles. The minimum absolute atomic E-state index is 0.129. The lowest BCUT2D eigenvalue weighted by molar-refractivity contribution is -0.141. The summed E-state index contributed by atoms with van der Waals surface area (Å²) in [5, 5.41) is 14.3. The highest BCUT2D eigenvalue weighted by atomic mass is 19.1. The monoisotopic (exact) mass is 336 g/mol. The number of carboxylic acids is 1. The fourth-order valence-electron chi connectivity index (χ4n) is 2.82. The van der Waals surface area contributed by atoms with Crippen LogP contribution in [0.4, 0.5) is 4.39 Å². The number of carboxylic acid groups (broad SMARTS) is 1. The summed E-state index contributed by atoms with van der Waals surface area (Å²) < 4.78 is 13.0. The van der Waals surface area contributed by atoms with Gasteiger partial charge in [-0.3, -0.25) is 14.4 Å². The predicted molar refractivity (Wildman–Crippen MR) is 84.8 cm³/mol. The number of nitrogens with one attached hydrogen (secondary N) is 2. The Morgan fingerprint density at radius 3 is 2.50 bits per heavy atom. The second kappa shape index (κ2) is 8.42. The third-order valence-electron chi connectivity index (χ3n) is 4.18. The Bertz CT molecular complexity index is 620. The van der Waals surface area contributed by atoms with Gasteiger partial charge in [-0.1, -0.05) is 6.07 Å². The zero-order valence-electron chi connectivity index (χ0n) is 13.3. The summed E-state index contributed by atoms with van der Waals surface area (Å²) in [6.07, 6.45) is 2.07. The van der Waals surface area contributed by atoms with Crippen LogP contribution < -0.4 is 10.6 Å². The van der Waals surface area contributed by atoms with Crippen molar-refractivity contribution in [2.24, 2.45) is 11.8 Å². The van der Waals surface area contributed by atoms with Crippen molar-refractivity contribution in [1.82, 2.24) is 10.6 Å². The molecular formula is C17H21FN2O4. The Labute approximate surface area is 139 Å². The molecule has 1 aliphatic carbocycles. The van der Waals surface area contributed by atoms with Gasteiger partial charge in [0, 0.05) is 24.6 Å². The fourth-order valence-corrected chi connectivity index (χ4v) is 2.82. The van der Waals surface area contributed by atoms with Gasteiger partial charge in [0.15, 0.2) is 0 Å². The molecule has 0 spiro atoms. The first-order valence-electron chi connectivity index (χ1n) is 8.01. The molecule has 0 unspecified atom stereocenters. The molecule has 1 saturated carbocycles. The summed E-state index contributed by atoms with van der Waals surface area (Å²) in [6, 6.07) is 5.43. The summed E-state index contributed by atoms with van der Waals surface area (Å²) in [7, 11) is 0. The second-order valence-corrected chi connectivity index (χ2v) is 5.96. The van der Waals surface area contributed by atoms with Crippen LogP contribution in [-0.2, 0) is 9.59 Å². The highest BCUT2D eigenvalue weighted by molar-refractivity contribution is 5.94. The number of halogens is 1. The van der Waals surface area contributed by atoms with Gasteiger partial charge < -0.3 is 15.7 Å². The van der Waals surface area contributed by atoms with Gasteiger partial charge in [0.25, 0.3) is 5.91 Å². The zero-order chi connectivity index (χ0) is 17.5. The van der Waals surface area contributed by atoms with E-state index in [1.807, 2.05) is 0 Å². The summed E-state index contributed by atoms with van der Waals surface area (Å²) in [4.78, 5) is 34.6. The molecule has 2 atom stereocenters. The molecule has 1 fully saturated rings. The summed E-state index contributed by atoms with van der Waals surface area (Å²) in [5.41, 5.74) is 0.254. The van der Waals surface area contributed by atoms with Crippen LogP contribution in [0.5, 0.6) is 0 Å². The molecule has 0 saturated heterocycles. The van der Waals surface area contributed by atoms with Gasteiger partial charge in [-0.05, 0) is 43.9 Å². The molecule has 3 N–H and O–H groups in total. The van der Waals surface area contributed by atoms with E-state index in [-0.39, 0.29) is 23.3 Å². The van der Waals surface area contributed by atoms with Gasteiger partial charge in [-0.25, -0.2) is 4.39 Å². The summed E-state index contributed by atoms with van der Waals surface area (Å²) in [6.45, 7) is 0.758. The number of carbonyl (C=O) groups excluding carboxylic acids is 2. The van der Waals surface area contributed by atoms with E-state index in [9.17, 15) is 18.8 Å². The van der Waals surface area contributed by atoms with E-state index in [0.29, 0.717) is 38.8 Å². The Balaban J connectivity index is 1.62. The Morgan fingerprint density at radius 1 is 1.12 bits per heavy atom. The van der Waals surface area contributed by atoms with Crippen molar-refractivity contribution in [2.45, 2.75) is 25.7 Å². The van der Waals surface area contributed by atoms with Crippen molar-refractivity contribution in [3.05, 3.63) is 35.6 Å². The lowest BCUT2D eigenvalue weighted by Crippen LogP contribution is -2.33. The van der Waals surface area contributed by atoms with E-state index < -0.39 is 17.7 Å². The Kier molecular flexibility index (Phi) is 6.28. The maximum absolute atomic E-state index is 13.0. The number of hydrogen-bond acceptors (Lipinski definition) is 3. The SMILES string of the molecule is O=C(NCCCNC(=O)[C@H]1CC[C@@H](C(=O)O)C1)c1cccc(F)c1. The Hall–Kier alpha value is -2.44. The van der Waals surface area contributed by atoms with Gasteiger partial charge >= 0.3 is 5.97 Å². The first-order chi connectivity index (χ1) is 11.5. The first kappa shape index (κ1) is 17.9. The maximum atomic E-state index is 13.0.